The monoisotopic (exact) mass is 306 g/mol. The van der Waals surface area contributed by atoms with Crippen LogP contribution in [0.4, 0.5) is 0 Å². The lowest BCUT2D eigenvalue weighted by atomic mass is 9.93. The molecule has 2 fully saturated rings. The molecule has 0 radical (unpaired) electrons. The van der Waals surface area contributed by atoms with Crippen LogP contribution in [0.5, 0.6) is 0 Å². The second kappa shape index (κ2) is 5.62. The number of rotatable bonds is 3. The van der Waals surface area contributed by atoms with Gasteiger partial charge in [-0.3, -0.25) is 4.79 Å². The van der Waals surface area contributed by atoms with E-state index in [1.807, 2.05) is 36.2 Å². The average Bonchev–Trinajstić information content (AvgIpc) is 3.28. The predicted octanol–water partition coefficient (Wildman–Crippen LogP) is 2.92. The van der Waals surface area contributed by atoms with Crippen molar-refractivity contribution < 1.29 is 4.79 Å². The normalized spacial score (nSPS) is 22.0. The van der Waals surface area contributed by atoms with Gasteiger partial charge in [0.2, 0.25) is 5.91 Å². The Labute approximate surface area is 131 Å². The lowest BCUT2D eigenvalue weighted by molar-refractivity contribution is -0.135. The van der Waals surface area contributed by atoms with Gasteiger partial charge in [-0.1, -0.05) is 23.7 Å². The minimum atomic E-state index is -0.303. The zero-order valence-electron chi connectivity index (χ0n) is 12.8. The molecule has 0 atom stereocenters. The van der Waals surface area contributed by atoms with Crippen molar-refractivity contribution >= 4 is 17.5 Å². The third-order valence-electron chi connectivity index (χ3n) is 5.09. The molecule has 1 aromatic carbocycles. The molecule has 4 heteroatoms. The lowest BCUT2D eigenvalue weighted by Crippen LogP contribution is -2.47. The van der Waals surface area contributed by atoms with Gasteiger partial charge >= 0.3 is 0 Å². The summed E-state index contributed by atoms with van der Waals surface area (Å²) in [6.07, 6.45) is 4.04. The molecular formula is C17H23ClN2O. The highest BCUT2D eigenvalue weighted by Gasteiger charge is 2.53. The molecule has 0 spiro atoms. The van der Waals surface area contributed by atoms with Gasteiger partial charge in [0.05, 0.1) is 5.41 Å². The van der Waals surface area contributed by atoms with E-state index in [9.17, 15) is 4.79 Å². The number of likely N-dealkylation sites (tertiary alicyclic amines) is 1. The van der Waals surface area contributed by atoms with E-state index in [4.69, 9.17) is 11.6 Å². The first-order chi connectivity index (χ1) is 10.0. The summed E-state index contributed by atoms with van der Waals surface area (Å²) in [4.78, 5) is 17.3. The van der Waals surface area contributed by atoms with Crippen LogP contribution in [0.3, 0.4) is 0 Å². The van der Waals surface area contributed by atoms with Gasteiger partial charge in [-0.15, -0.1) is 0 Å². The molecule has 2 aliphatic rings. The summed E-state index contributed by atoms with van der Waals surface area (Å²) in [5, 5.41) is 0.716. The summed E-state index contributed by atoms with van der Waals surface area (Å²) < 4.78 is 0. The number of piperidine rings is 1. The number of likely N-dealkylation sites (N-methyl/N-ethyl adjacent to an activating group) is 1. The molecule has 21 heavy (non-hydrogen) atoms. The SMILES string of the molecule is CN1CCC(N(C)C(=O)C2(c3cccc(Cl)c3)CC2)CC1. The molecule has 1 saturated heterocycles. The van der Waals surface area contributed by atoms with Crippen molar-refractivity contribution in [3.8, 4) is 0 Å². The van der Waals surface area contributed by atoms with Crippen LogP contribution in [0.2, 0.25) is 5.02 Å². The number of nitrogens with zero attached hydrogens (tertiary/aromatic N) is 2. The fraction of sp³-hybridized carbons (Fsp3) is 0.588. The van der Waals surface area contributed by atoms with Gasteiger partial charge < -0.3 is 9.80 Å². The van der Waals surface area contributed by atoms with Crippen LogP contribution in [0.25, 0.3) is 0 Å². The summed E-state index contributed by atoms with van der Waals surface area (Å²) in [6.45, 7) is 2.15. The van der Waals surface area contributed by atoms with Crippen LogP contribution < -0.4 is 0 Å². The van der Waals surface area contributed by atoms with Crippen LogP contribution in [0.1, 0.15) is 31.2 Å². The van der Waals surface area contributed by atoms with Crippen molar-refractivity contribution in [2.75, 3.05) is 27.2 Å². The van der Waals surface area contributed by atoms with Gasteiger partial charge in [-0.25, -0.2) is 0 Å². The molecule has 1 aliphatic heterocycles. The van der Waals surface area contributed by atoms with Crippen molar-refractivity contribution in [1.29, 1.82) is 0 Å². The van der Waals surface area contributed by atoms with Gasteiger partial charge in [0, 0.05) is 18.1 Å². The highest BCUT2D eigenvalue weighted by molar-refractivity contribution is 6.30. The highest BCUT2D eigenvalue weighted by Crippen LogP contribution is 2.50. The number of carbonyl (C=O) groups is 1. The van der Waals surface area contributed by atoms with Crippen molar-refractivity contribution in [2.24, 2.45) is 0 Å². The number of halogens is 1. The molecule has 3 nitrogen and oxygen atoms in total. The van der Waals surface area contributed by atoms with E-state index >= 15 is 0 Å². The molecule has 0 aromatic heterocycles. The van der Waals surface area contributed by atoms with Gasteiger partial charge in [0.1, 0.15) is 0 Å². The van der Waals surface area contributed by atoms with E-state index in [0.29, 0.717) is 11.1 Å². The standard InChI is InChI=1S/C17H23ClN2O/c1-19-10-6-15(7-11-19)20(2)16(21)17(8-9-17)13-4-3-5-14(18)12-13/h3-5,12,15H,6-11H2,1-2H3. The van der Waals surface area contributed by atoms with Gasteiger partial charge in [0.15, 0.2) is 0 Å². The zero-order chi connectivity index (χ0) is 15.0. The minimum absolute atomic E-state index is 0.277. The molecule has 114 valence electrons. The van der Waals surface area contributed by atoms with E-state index in [1.165, 1.54) is 0 Å². The fourth-order valence-corrected chi connectivity index (χ4v) is 3.61. The second-order valence-electron chi connectivity index (χ2n) is 6.54. The largest absolute Gasteiger partial charge is 0.342 e. The summed E-state index contributed by atoms with van der Waals surface area (Å²) in [5.41, 5.74) is 0.781. The molecule has 1 amide bonds. The molecule has 0 bridgehead atoms. The Balaban J connectivity index is 1.75. The topological polar surface area (TPSA) is 23.6 Å². The van der Waals surface area contributed by atoms with Gasteiger partial charge in [-0.05, 0) is 63.5 Å². The molecular weight excluding hydrogens is 284 g/mol. The van der Waals surface area contributed by atoms with Crippen LogP contribution >= 0.6 is 11.6 Å². The Kier molecular flexibility index (Phi) is 3.98. The average molecular weight is 307 g/mol. The smallest absolute Gasteiger partial charge is 0.233 e. The molecule has 1 saturated carbocycles. The molecule has 0 unspecified atom stereocenters. The van der Waals surface area contributed by atoms with Crippen molar-refractivity contribution in [3.05, 3.63) is 34.9 Å². The maximum absolute atomic E-state index is 13.0. The molecule has 1 aromatic rings. The molecule has 3 rings (SSSR count). The van der Waals surface area contributed by atoms with E-state index in [1.54, 1.807) is 0 Å². The summed E-state index contributed by atoms with van der Waals surface area (Å²) >= 11 is 6.10. The van der Waals surface area contributed by atoms with Crippen LogP contribution in [-0.2, 0) is 10.2 Å². The van der Waals surface area contributed by atoms with E-state index in [2.05, 4.69) is 11.9 Å². The summed E-state index contributed by atoms with van der Waals surface area (Å²) in [5.74, 6) is 0.277. The van der Waals surface area contributed by atoms with Crippen LogP contribution in [0.15, 0.2) is 24.3 Å². The highest BCUT2D eigenvalue weighted by atomic mass is 35.5. The Morgan fingerprint density at radius 1 is 1.33 bits per heavy atom. The van der Waals surface area contributed by atoms with Gasteiger partial charge in [-0.2, -0.15) is 0 Å². The van der Waals surface area contributed by atoms with Crippen molar-refractivity contribution in [3.63, 3.8) is 0 Å². The first kappa shape index (κ1) is 14.9. The summed E-state index contributed by atoms with van der Waals surface area (Å²) in [6, 6.07) is 8.19. The zero-order valence-corrected chi connectivity index (χ0v) is 13.6. The molecule has 0 N–H and O–H groups in total. The lowest BCUT2D eigenvalue weighted by Gasteiger charge is -2.37. The number of benzene rings is 1. The number of carbonyl (C=O) groups excluding carboxylic acids is 1. The third-order valence-corrected chi connectivity index (χ3v) is 5.33. The maximum atomic E-state index is 13.0. The van der Waals surface area contributed by atoms with E-state index in [0.717, 1.165) is 44.3 Å². The Hall–Kier alpha value is -1.06. The molecule has 1 heterocycles. The van der Waals surface area contributed by atoms with Crippen molar-refractivity contribution in [1.82, 2.24) is 9.80 Å². The number of hydrogen-bond acceptors (Lipinski definition) is 2. The first-order valence-corrected chi connectivity index (χ1v) is 8.12. The summed E-state index contributed by atoms with van der Waals surface area (Å²) in [7, 11) is 4.12. The molecule has 1 aliphatic carbocycles. The Bertz CT molecular complexity index is 533. The van der Waals surface area contributed by atoms with Crippen LogP contribution in [-0.4, -0.2) is 48.9 Å². The first-order valence-electron chi connectivity index (χ1n) is 7.75. The van der Waals surface area contributed by atoms with Gasteiger partial charge in [0.25, 0.3) is 0 Å². The fourth-order valence-electron chi connectivity index (χ4n) is 3.42. The second-order valence-corrected chi connectivity index (χ2v) is 6.98. The predicted molar refractivity (Wildman–Crippen MR) is 85.7 cm³/mol. The minimum Gasteiger partial charge on any atom is -0.342 e. The van der Waals surface area contributed by atoms with Crippen LogP contribution in [0, 0.1) is 0 Å². The van der Waals surface area contributed by atoms with E-state index in [-0.39, 0.29) is 11.3 Å². The maximum Gasteiger partial charge on any atom is 0.233 e. The third kappa shape index (κ3) is 2.82. The Morgan fingerprint density at radius 3 is 2.57 bits per heavy atom. The van der Waals surface area contributed by atoms with Crippen molar-refractivity contribution in [2.45, 2.75) is 37.1 Å². The number of amides is 1. The quantitative estimate of drug-likeness (QED) is 0.857. The van der Waals surface area contributed by atoms with E-state index < -0.39 is 0 Å². The number of hydrogen-bond donors (Lipinski definition) is 0. The Morgan fingerprint density at radius 2 is 2.00 bits per heavy atom.